The number of unbranched alkanes of at least 4 members (excludes halogenated alkanes) is 2. The number of aryl methyl sites for hydroxylation is 2. The zero-order valence-corrected chi connectivity index (χ0v) is 16.9. The van der Waals surface area contributed by atoms with Crippen LogP contribution in [-0.2, 0) is 19.4 Å². The van der Waals surface area contributed by atoms with E-state index in [1.807, 2.05) is 36.7 Å². The number of para-hydroxylation sites is 1. The lowest BCUT2D eigenvalue weighted by Gasteiger charge is -2.12. The Balaban J connectivity index is 1.85. The van der Waals surface area contributed by atoms with Crippen LogP contribution in [0, 0.1) is 0 Å². The summed E-state index contributed by atoms with van der Waals surface area (Å²) in [6.07, 6.45) is 7.52. The molecule has 0 amide bonds. The molecular formula is C23H27ClN2O. The van der Waals surface area contributed by atoms with Crippen molar-refractivity contribution in [2.45, 2.75) is 45.6 Å². The number of rotatable bonds is 9. The van der Waals surface area contributed by atoms with Crippen molar-refractivity contribution >= 4 is 11.6 Å². The van der Waals surface area contributed by atoms with Crippen molar-refractivity contribution in [3.05, 3.63) is 71.1 Å². The highest BCUT2D eigenvalue weighted by Crippen LogP contribution is 2.27. The van der Waals surface area contributed by atoms with Crippen LogP contribution in [0.3, 0.4) is 0 Å². The summed E-state index contributed by atoms with van der Waals surface area (Å²) >= 11 is 6.21. The second kappa shape index (κ2) is 9.61. The second-order valence-corrected chi connectivity index (χ2v) is 7.20. The van der Waals surface area contributed by atoms with E-state index in [0.29, 0.717) is 0 Å². The fourth-order valence-electron chi connectivity index (χ4n) is 3.43. The quantitative estimate of drug-likeness (QED) is 0.412. The van der Waals surface area contributed by atoms with Gasteiger partial charge in [0.15, 0.2) is 0 Å². The summed E-state index contributed by atoms with van der Waals surface area (Å²) < 4.78 is 7.78. The highest BCUT2D eigenvalue weighted by atomic mass is 35.5. The van der Waals surface area contributed by atoms with Crippen LogP contribution < -0.4 is 4.74 Å². The summed E-state index contributed by atoms with van der Waals surface area (Å²) in [5.41, 5.74) is 4.65. The standard InChI is InChI=1S/C23H27ClN2O/c1-3-4-5-12-21-23(19-10-8-11-20(24)16-19)25-17-26(21)15-14-18-9-6-7-13-22(18)27-2/h6-11,13,16-17H,3-5,12,14-15H2,1-2H3. The summed E-state index contributed by atoms with van der Waals surface area (Å²) in [4.78, 5) is 4.73. The maximum Gasteiger partial charge on any atom is 0.122 e. The third kappa shape index (κ3) is 4.92. The van der Waals surface area contributed by atoms with Crippen molar-refractivity contribution < 1.29 is 4.74 Å². The van der Waals surface area contributed by atoms with E-state index >= 15 is 0 Å². The molecule has 1 heterocycles. The number of halogens is 1. The lowest BCUT2D eigenvalue weighted by atomic mass is 10.1. The Morgan fingerprint density at radius 2 is 1.89 bits per heavy atom. The van der Waals surface area contributed by atoms with Gasteiger partial charge in [0.25, 0.3) is 0 Å². The Morgan fingerprint density at radius 1 is 1.04 bits per heavy atom. The Labute approximate surface area is 167 Å². The fourth-order valence-corrected chi connectivity index (χ4v) is 3.62. The topological polar surface area (TPSA) is 27.1 Å². The van der Waals surface area contributed by atoms with Gasteiger partial charge in [-0.3, -0.25) is 0 Å². The molecule has 4 heteroatoms. The third-order valence-corrected chi connectivity index (χ3v) is 5.11. The van der Waals surface area contributed by atoms with Gasteiger partial charge in [-0.1, -0.05) is 61.7 Å². The molecule has 27 heavy (non-hydrogen) atoms. The van der Waals surface area contributed by atoms with E-state index in [-0.39, 0.29) is 0 Å². The number of benzene rings is 2. The SMILES string of the molecule is CCCCCc1c(-c2cccc(Cl)c2)ncn1CCc1ccccc1OC. The summed E-state index contributed by atoms with van der Waals surface area (Å²) in [6, 6.07) is 16.2. The minimum absolute atomic E-state index is 0.746. The van der Waals surface area contributed by atoms with Crippen LogP contribution in [0.2, 0.25) is 5.02 Å². The zero-order chi connectivity index (χ0) is 19.1. The van der Waals surface area contributed by atoms with Crippen LogP contribution >= 0.6 is 11.6 Å². The smallest absolute Gasteiger partial charge is 0.122 e. The molecule has 0 unspecified atom stereocenters. The number of methoxy groups -OCH3 is 1. The third-order valence-electron chi connectivity index (χ3n) is 4.88. The monoisotopic (exact) mass is 382 g/mol. The maximum atomic E-state index is 6.21. The van der Waals surface area contributed by atoms with E-state index in [4.69, 9.17) is 21.3 Å². The first-order valence-electron chi connectivity index (χ1n) is 9.64. The Bertz CT molecular complexity index is 872. The van der Waals surface area contributed by atoms with Gasteiger partial charge in [-0.15, -0.1) is 0 Å². The molecular weight excluding hydrogens is 356 g/mol. The van der Waals surface area contributed by atoms with Gasteiger partial charge in [-0.25, -0.2) is 4.98 Å². The number of hydrogen-bond acceptors (Lipinski definition) is 2. The molecule has 0 spiro atoms. The molecule has 0 saturated heterocycles. The van der Waals surface area contributed by atoms with Crippen LogP contribution in [-0.4, -0.2) is 16.7 Å². The zero-order valence-electron chi connectivity index (χ0n) is 16.1. The molecule has 0 aliphatic carbocycles. The second-order valence-electron chi connectivity index (χ2n) is 6.76. The number of imidazole rings is 1. The van der Waals surface area contributed by atoms with Gasteiger partial charge in [-0.05, 0) is 43.0 Å². The van der Waals surface area contributed by atoms with E-state index in [0.717, 1.165) is 41.4 Å². The van der Waals surface area contributed by atoms with Crippen LogP contribution in [0.4, 0.5) is 0 Å². The molecule has 3 nitrogen and oxygen atoms in total. The highest BCUT2D eigenvalue weighted by molar-refractivity contribution is 6.30. The first kappa shape index (κ1) is 19.5. The number of aromatic nitrogens is 2. The molecule has 0 radical (unpaired) electrons. The molecule has 0 bridgehead atoms. The van der Waals surface area contributed by atoms with Gasteiger partial charge in [0, 0.05) is 22.8 Å². The number of nitrogens with zero attached hydrogens (tertiary/aromatic N) is 2. The van der Waals surface area contributed by atoms with Gasteiger partial charge in [0.2, 0.25) is 0 Å². The first-order chi connectivity index (χ1) is 13.2. The average Bonchev–Trinajstić information content (AvgIpc) is 3.09. The van der Waals surface area contributed by atoms with Crippen molar-refractivity contribution in [3.63, 3.8) is 0 Å². The molecule has 0 aliphatic heterocycles. The lowest BCUT2D eigenvalue weighted by molar-refractivity contribution is 0.408. The molecule has 0 saturated carbocycles. The minimum atomic E-state index is 0.746. The van der Waals surface area contributed by atoms with Gasteiger partial charge < -0.3 is 9.30 Å². The van der Waals surface area contributed by atoms with Crippen molar-refractivity contribution in [1.29, 1.82) is 0 Å². The largest absolute Gasteiger partial charge is 0.496 e. The average molecular weight is 383 g/mol. The normalized spacial score (nSPS) is 10.9. The Morgan fingerprint density at radius 3 is 2.67 bits per heavy atom. The summed E-state index contributed by atoms with van der Waals surface area (Å²) in [7, 11) is 1.73. The van der Waals surface area contributed by atoms with Crippen molar-refractivity contribution in [1.82, 2.24) is 9.55 Å². The molecule has 2 aromatic carbocycles. The predicted molar refractivity (Wildman–Crippen MR) is 113 cm³/mol. The minimum Gasteiger partial charge on any atom is -0.496 e. The van der Waals surface area contributed by atoms with E-state index < -0.39 is 0 Å². The lowest BCUT2D eigenvalue weighted by Crippen LogP contribution is -2.06. The fraction of sp³-hybridized carbons (Fsp3) is 0.348. The van der Waals surface area contributed by atoms with E-state index in [1.54, 1.807) is 7.11 Å². The van der Waals surface area contributed by atoms with E-state index in [1.165, 1.54) is 30.5 Å². The van der Waals surface area contributed by atoms with Crippen LogP contribution in [0.25, 0.3) is 11.3 Å². The summed E-state index contributed by atoms with van der Waals surface area (Å²) in [5, 5.41) is 0.746. The highest BCUT2D eigenvalue weighted by Gasteiger charge is 2.14. The first-order valence-corrected chi connectivity index (χ1v) is 10.0. The molecule has 3 rings (SSSR count). The van der Waals surface area contributed by atoms with Crippen molar-refractivity contribution in [2.24, 2.45) is 0 Å². The van der Waals surface area contributed by atoms with Crippen molar-refractivity contribution in [3.8, 4) is 17.0 Å². The Hall–Kier alpha value is -2.26. The Kier molecular flexibility index (Phi) is 6.94. The summed E-state index contributed by atoms with van der Waals surface area (Å²) in [6.45, 7) is 3.12. The van der Waals surface area contributed by atoms with Gasteiger partial charge in [-0.2, -0.15) is 0 Å². The van der Waals surface area contributed by atoms with Crippen LogP contribution in [0.15, 0.2) is 54.9 Å². The van der Waals surface area contributed by atoms with Crippen molar-refractivity contribution in [2.75, 3.05) is 7.11 Å². The van der Waals surface area contributed by atoms with Crippen LogP contribution in [0.5, 0.6) is 5.75 Å². The number of ether oxygens (including phenoxy) is 1. The van der Waals surface area contributed by atoms with E-state index in [9.17, 15) is 0 Å². The summed E-state index contributed by atoms with van der Waals surface area (Å²) in [5.74, 6) is 0.945. The molecule has 3 aromatic rings. The molecule has 0 fully saturated rings. The van der Waals surface area contributed by atoms with Gasteiger partial charge in [0.1, 0.15) is 5.75 Å². The van der Waals surface area contributed by atoms with Gasteiger partial charge in [0.05, 0.1) is 19.1 Å². The van der Waals surface area contributed by atoms with Gasteiger partial charge >= 0.3 is 0 Å². The molecule has 0 aliphatic rings. The molecule has 1 aromatic heterocycles. The van der Waals surface area contributed by atoms with E-state index in [2.05, 4.69) is 29.7 Å². The molecule has 142 valence electrons. The molecule has 0 N–H and O–H groups in total. The van der Waals surface area contributed by atoms with Crippen LogP contribution in [0.1, 0.15) is 37.4 Å². The maximum absolute atomic E-state index is 6.21. The molecule has 0 atom stereocenters. The predicted octanol–water partition coefficient (Wildman–Crippen LogP) is 6.19. The number of hydrogen-bond donors (Lipinski definition) is 0.